The zero-order valence-corrected chi connectivity index (χ0v) is 23.1. The summed E-state index contributed by atoms with van der Waals surface area (Å²) in [6, 6.07) is 15.8. The number of carboxylic acids is 1. The molecule has 1 amide bonds. The van der Waals surface area contributed by atoms with Gasteiger partial charge in [-0.25, -0.2) is 9.79 Å². The molecule has 0 aliphatic carbocycles. The highest BCUT2D eigenvalue weighted by atomic mass is 127. The first-order valence-corrected chi connectivity index (χ1v) is 12.9. The number of carboxylic acid groups (broad SMARTS) is 1. The first kappa shape index (κ1) is 27.1. The van der Waals surface area contributed by atoms with Crippen LogP contribution in [-0.4, -0.2) is 46.1 Å². The van der Waals surface area contributed by atoms with Gasteiger partial charge in [0.1, 0.15) is 6.61 Å². The molecule has 4 rings (SSSR count). The monoisotopic (exact) mass is 645 g/mol. The molecule has 38 heavy (non-hydrogen) atoms. The maximum Gasteiger partial charge on any atom is 0.335 e. The molecule has 1 fully saturated rings. The van der Waals surface area contributed by atoms with Crippen LogP contribution in [0, 0.1) is 13.7 Å². The van der Waals surface area contributed by atoms with E-state index in [0.717, 1.165) is 14.7 Å². The number of aliphatic imine (C=N–C) groups is 1. The second-order valence-electron chi connectivity index (χ2n) is 7.97. The number of benzene rings is 3. The summed E-state index contributed by atoms with van der Waals surface area (Å²) in [5, 5.41) is 20.4. The van der Waals surface area contributed by atoms with Crippen molar-refractivity contribution >= 4 is 68.8 Å². The van der Waals surface area contributed by atoms with Gasteiger partial charge in [0, 0.05) is 19.2 Å². The Labute approximate surface area is 235 Å². The predicted octanol–water partition coefficient (Wildman–Crippen LogP) is 5.72. The summed E-state index contributed by atoms with van der Waals surface area (Å²) in [6.45, 7) is 0.192. The third-order valence-electron chi connectivity index (χ3n) is 5.42. The van der Waals surface area contributed by atoms with Crippen molar-refractivity contribution in [2.45, 2.75) is 6.61 Å². The molecule has 1 N–H and O–H groups in total. The van der Waals surface area contributed by atoms with Crippen LogP contribution >= 0.6 is 34.4 Å². The second-order valence-corrected chi connectivity index (χ2v) is 10.1. The fourth-order valence-electron chi connectivity index (χ4n) is 3.42. The average molecular weight is 645 g/mol. The summed E-state index contributed by atoms with van der Waals surface area (Å²) in [6.07, 6.45) is 1.74. The van der Waals surface area contributed by atoms with Gasteiger partial charge in [0.05, 0.1) is 31.8 Å². The van der Waals surface area contributed by atoms with Gasteiger partial charge in [-0.3, -0.25) is 19.8 Å². The number of ether oxygens (including phenoxy) is 2. The number of non-ortho nitro benzene ring substituents is 1. The van der Waals surface area contributed by atoms with E-state index < -0.39 is 10.9 Å². The number of thioether (sulfide) groups is 1. The molecule has 1 aliphatic heterocycles. The number of amides is 1. The normalized spacial score (nSPS) is 15.2. The third kappa shape index (κ3) is 6.14. The molecule has 194 valence electrons. The van der Waals surface area contributed by atoms with Gasteiger partial charge < -0.3 is 14.6 Å². The Morgan fingerprint density at radius 2 is 1.87 bits per heavy atom. The number of nitrogens with zero attached hydrogens (tertiary/aromatic N) is 3. The molecule has 0 atom stereocenters. The van der Waals surface area contributed by atoms with Crippen molar-refractivity contribution in [2.24, 2.45) is 4.99 Å². The van der Waals surface area contributed by atoms with E-state index in [1.54, 1.807) is 43.5 Å². The second kappa shape index (κ2) is 11.6. The molecule has 10 nitrogen and oxygen atoms in total. The highest BCUT2D eigenvalue weighted by molar-refractivity contribution is 14.1. The smallest absolute Gasteiger partial charge is 0.335 e. The molecule has 1 aliphatic rings. The van der Waals surface area contributed by atoms with Gasteiger partial charge in [-0.2, -0.15) is 0 Å². The van der Waals surface area contributed by atoms with E-state index in [1.165, 1.54) is 48.0 Å². The summed E-state index contributed by atoms with van der Waals surface area (Å²) in [4.78, 5) is 40.7. The Morgan fingerprint density at radius 3 is 2.47 bits per heavy atom. The number of halogens is 1. The van der Waals surface area contributed by atoms with Gasteiger partial charge in [0.15, 0.2) is 16.7 Å². The van der Waals surface area contributed by atoms with Crippen molar-refractivity contribution < 1.29 is 29.1 Å². The highest BCUT2D eigenvalue weighted by Crippen LogP contribution is 2.38. The van der Waals surface area contributed by atoms with E-state index >= 15 is 0 Å². The number of rotatable bonds is 8. The Hall–Kier alpha value is -3.91. The molecule has 12 heteroatoms. The molecule has 1 heterocycles. The van der Waals surface area contributed by atoms with Gasteiger partial charge >= 0.3 is 5.97 Å². The Balaban J connectivity index is 1.53. The van der Waals surface area contributed by atoms with Crippen LogP contribution in [-0.2, 0) is 11.4 Å². The molecule has 0 saturated carbocycles. The number of amidine groups is 1. The van der Waals surface area contributed by atoms with Crippen molar-refractivity contribution in [2.75, 3.05) is 14.2 Å². The lowest BCUT2D eigenvalue weighted by atomic mass is 10.1. The zero-order chi connectivity index (χ0) is 27.4. The van der Waals surface area contributed by atoms with Gasteiger partial charge in [-0.1, -0.05) is 0 Å². The van der Waals surface area contributed by atoms with Crippen LogP contribution in [0.4, 0.5) is 11.4 Å². The van der Waals surface area contributed by atoms with Gasteiger partial charge in [-0.15, -0.1) is 0 Å². The predicted molar refractivity (Wildman–Crippen MR) is 152 cm³/mol. The Kier molecular flexibility index (Phi) is 8.32. The largest absolute Gasteiger partial charge is 0.493 e. The lowest BCUT2D eigenvalue weighted by Gasteiger charge is -2.14. The topological polar surface area (TPSA) is 132 Å². The lowest BCUT2D eigenvalue weighted by molar-refractivity contribution is -0.384. The SMILES string of the molecule is COc1cc(/C=C2\SC(=Nc3ccc(C(=O)O)cc3)N(C)C2=O)cc(I)c1OCc1ccc([N+](=O)[O-])cc1. The summed E-state index contributed by atoms with van der Waals surface area (Å²) >= 11 is 3.33. The minimum absolute atomic E-state index is 0.00701. The third-order valence-corrected chi connectivity index (χ3v) is 7.28. The maximum absolute atomic E-state index is 12.9. The zero-order valence-electron chi connectivity index (χ0n) is 20.1. The Bertz CT molecular complexity index is 1470. The molecule has 3 aromatic rings. The average Bonchev–Trinajstić information content (AvgIpc) is 3.15. The van der Waals surface area contributed by atoms with E-state index in [0.29, 0.717) is 27.3 Å². The van der Waals surface area contributed by atoms with Gasteiger partial charge in [0.25, 0.3) is 11.6 Å². The molecular weight excluding hydrogens is 625 g/mol. The summed E-state index contributed by atoms with van der Waals surface area (Å²) in [5.74, 6) is -0.252. The van der Waals surface area contributed by atoms with Crippen molar-refractivity contribution in [3.05, 3.63) is 95.9 Å². The number of likely N-dealkylation sites (N-methyl/N-ethyl adjacent to an activating group) is 1. The van der Waals surface area contributed by atoms with Crippen LogP contribution in [0.1, 0.15) is 21.5 Å². The molecule has 0 unspecified atom stereocenters. The molecule has 0 bridgehead atoms. The fourth-order valence-corrected chi connectivity index (χ4v) is 5.19. The van der Waals surface area contributed by atoms with Crippen LogP contribution < -0.4 is 9.47 Å². The lowest BCUT2D eigenvalue weighted by Crippen LogP contribution is -2.23. The van der Waals surface area contributed by atoms with Crippen LogP contribution in [0.2, 0.25) is 0 Å². The first-order valence-electron chi connectivity index (χ1n) is 11.0. The van der Waals surface area contributed by atoms with Crippen molar-refractivity contribution in [3.63, 3.8) is 0 Å². The quantitative estimate of drug-likeness (QED) is 0.143. The van der Waals surface area contributed by atoms with E-state index in [4.69, 9.17) is 14.6 Å². The number of nitro benzene ring substituents is 1. The number of nitro groups is 1. The van der Waals surface area contributed by atoms with E-state index in [1.807, 2.05) is 6.07 Å². The van der Waals surface area contributed by atoms with Crippen LogP contribution in [0.3, 0.4) is 0 Å². The van der Waals surface area contributed by atoms with E-state index in [-0.39, 0.29) is 23.8 Å². The number of hydrogen-bond acceptors (Lipinski definition) is 8. The van der Waals surface area contributed by atoms with Gasteiger partial charge in [-0.05, 0) is 100 Å². The molecule has 1 saturated heterocycles. The van der Waals surface area contributed by atoms with Crippen molar-refractivity contribution in [3.8, 4) is 11.5 Å². The molecule has 0 spiro atoms. The fraction of sp³-hybridized carbons (Fsp3) is 0.115. The van der Waals surface area contributed by atoms with Crippen LogP contribution in [0.5, 0.6) is 11.5 Å². The number of aromatic carboxylic acids is 1. The number of methoxy groups -OCH3 is 1. The minimum atomic E-state index is -1.02. The summed E-state index contributed by atoms with van der Waals surface area (Å²) < 4.78 is 12.2. The highest BCUT2D eigenvalue weighted by Gasteiger charge is 2.30. The standard InChI is InChI=1S/C26H20IN3O7S/c1-29-24(31)22(38-26(29)28-18-7-5-17(6-8-18)25(32)33)13-16-11-20(27)23(21(12-16)36-2)37-14-15-3-9-19(10-4-15)30(34)35/h3-13H,14H2,1-2H3,(H,32,33)/b22-13-,28-26?. The van der Waals surface area contributed by atoms with Gasteiger partial charge in [0.2, 0.25) is 0 Å². The molecule has 0 radical (unpaired) electrons. The summed E-state index contributed by atoms with van der Waals surface area (Å²) in [5.41, 5.74) is 2.18. The number of carbonyl (C=O) groups excluding carboxylic acids is 1. The van der Waals surface area contributed by atoms with E-state index in [2.05, 4.69) is 27.6 Å². The Morgan fingerprint density at radius 1 is 1.18 bits per heavy atom. The number of carbonyl (C=O) groups is 2. The molecular formula is C26H20IN3O7S. The number of hydrogen-bond donors (Lipinski definition) is 1. The van der Waals surface area contributed by atoms with Crippen LogP contribution in [0.25, 0.3) is 6.08 Å². The minimum Gasteiger partial charge on any atom is -0.493 e. The maximum atomic E-state index is 12.9. The molecule has 3 aromatic carbocycles. The summed E-state index contributed by atoms with van der Waals surface area (Å²) in [7, 11) is 3.14. The van der Waals surface area contributed by atoms with E-state index in [9.17, 15) is 19.7 Å². The van der Waals surface area contributed by atoms with Crippen molar-refractivity contribution in [1.29, 1.82) is 0 Å². The van der Waals surface area contributed by atoms with Crippen molar-refractivity contribution in [1.82, 2.24) is 4.90 Å². The first-order chi connectivity index (χ1) is 18.2. The van der Waals surface area contributed by atoms with Crippen LogP contribution in [0.15, 0.2) is 70.6 Å². The molecule has 0 aromatic heterocycles.